The quantitative estimate of drug-likeness (QED) is 0.155. The summed E-state index contributed by atoms with van der Waals surface area (Å²) in [7, 11) is 0. The first-order valence-electron chi connectivity index (χ1n) is 28.3. The molecule has 2 aliphatic heterocycles. The molecule has 3 aromatic heterocycles. The van der Waals surface area contributed by atoms with Crippen LogP contribution >= 0.6 is 11.3 Å². The number of nitrogens with zero attached hydrogens (tertiary/aromatic N) is 4. The summed E-state index contributed by atoms with van der Waals surface area (Å²) < 4.78 is 11.5. The highest BCUT2D eigenvalue weighted by molar-refractivity contribution is 7.25. The van der Waals surface area contributed by atoms with Crippen LogP contribution in [0, 0.1) is 0 Å². The van der Waals surface area contributed by atoms with Gasteiger partial charge in [0, 0.05) is 98.6 Å². The summed E-state index contributed by atoms with van der Waals surface area (Å²) in [5.41, 5.74) is 21.8. The molecule has 16 rings (SSSR count). The van der Waals surface area contributed by atoms with Gasteiger partial charge in [0.15, 0.2) is 0 Å². The van der Waals surface area contributed by atoms with Gasteiger partial charge in [-0.05, 0) is 160 Å². The van der Waals surface area contributed by atoms with E-state index < -0.39 is 0 Å². The van der Waals surface area contributed by atoms with Gasteiger partial charge in [0.25, 0.3) is 6.71 Å². The Hall–Kier alpha value is -9.30. The Bertz CT molecular complexity index is 4750. The highest BCUT2D eigenvalue weighted by Crippen LogP contribution is 2.49. The normalized spacial score (nSPS) is 13.2. The highest BCUT2D eigenvalue weighted by atomic mass is 32.1. The molecule has 0 fully saturated rings. The molecule has 5 nitrogen and oxygen atoms in total. The summed E-state index contributed by atoms with van der Waals surface area (Å²) in [5, 5.41) is 7.19. The molecule has 0 N–H and O–H groups in total. The highest BCUT2D eigenvalue weighted by Gasteiger charge is 2.44. The van der Waals surface area contributed by atoms with Gasteiger partial charge in [-0.15, -0.1) is 11.3 Å². The number of benzene rings is 11. The Morgan fingerprint density at radius 2 is 0.926 bits per heavy atom. The first-order chi connectivity index (χ1) is 39.4. The van der Waals surface area contributed by atoms with E-state index in [0.717, 1.165) is 61.8 Å². The van der Waals surface area contributed by atoms with Crippen molar-refractivity contribution in [3.8, 4) is 5.69 Å². The second-order valence-electron chi connectivity index (χ2n) is 24.2. The number of para-hydroxylation sites is 3. The third kappa shape index (κ3) is 7.38. The molecular formula is C74H57BN4OS. The maximum absolute atomic E-state index is 6.46. The van der Waals surface area contributed by atoms with Crippen LogP contribution in [-0.2, 0) is 10.8 Å². The minimum Gasteiger partial charge on any atom is -0.456 e. The van der Waals surface area contributed by atoms with Gasteiger partial charge in [0.05, 0.1) is 11.0 Å². The Kier molecular flexibility index (Phi) is 10.4. The molecule has 14 aromatic rings. The van der Waals surface area contributed by atoms with Gasteiger partial charge in [-0.1, -0.05) is 157 Å². The molecule has 388 valence electrons. The van der Waals surface area contributed by atoms with Crippen LogP contribution < -0.4 is 31.1 Å². The van der Waals surface area contributed by atoms with Gasteiger partial charge in [-0.2, -0.15) is 0 Å². The molecule has 0 amide bonds. The fraction of sp³-hybridized carbons (Fsp3) is 0.108. The molecule has 0 atom stereocenters. The number of aromatic nitrogens is 1. The Labute approximate surface area is 476 Å². The van der Waals surface area contributed by atoms with Crippen molar-refractivity contribution in [1.29, 1.82) is 0 Å². The summed E-state index contributed by atoms with van der Waals surface area (Å²) in [4.78, 5) is 7.55. The van der Waals surface area contributed by atoms with Crippen molar-refractivity contribution < 1.29 is 4.42 Å². The van der Waals surface area contributed by atoms with Gasteiger partial charge < -0.3 is 23.7 Å². The molecular weight excluding hydrogens is 1000 g/mol. The first-order valence-corrected chi connectivity index (χ1v) is 29.1. The Morgan fingerprint density at radius 3 is 1.63 bits per heavy atom. The van der Waals surface area contributed by atoms with Crippen LogP contribution in [0.1, 0.15) is 52.7 Å². The zero-order valence-electron chi connectivity index (χ0n) is 46.2. The lowest BCUT2D eigenvalue weighted by atomic mass is 9.33. The summed E-state index contributed by atoms with van der Waals surface area (Å²) in [6.07, 6.45) is 0. The smallest absolute Gasteiger partial charge is 0.252 e. The van der Waals surface area contributed by atoms with Crippen LogP contribution in [0.3, 0.4) is 0 Å². The molecule has 0 spiro atoms. The maximum atomic E-state index is 6.46. The zero-order valence-corrected chi connectivity index (χ0v) is 47.0. The molecule has 0 unspecified atom stereocenters. The van der Waals surface area contributed by atoms with Crippen molar-refractivity contribution >= 4 is 150 Å². The van der Waals surface area contributed by atoms with Gasteiger partial charge in [0.1, 0.15) is 11.2 Å². The molecule has 7 heteroatoms. The second-order valence-corrected chi connectivity index (χ2v) is 25.2. The molecule has 0 saturated carbocycles. The zero-order chi connectivity index (χ0) is 54.5. The number of rotatable bonds is 6. The van der Waals surface area contributed by atoms with Crippen molar-refractivity contribution in [3.63, 3.8) is 0 Å². The maximum Gasteiger partial charge on any atom is 0.252 e. The molecule has 0 saturated heterocycles. The number of thiophene rings is 1. The lowest BCUT2D eigenvalue weighted by Crippen LogP contribution is -2.61. The first kappa shape index (κ1) is 47.7. The van der Waals surface area contributed by atoms with E-state index in [1.54, 1.807) is 0 Å². The summed E-state index contributed by atoms with van der Waals surface area (Å²) in [6, 6.07) is 88.6. The van der Waals surface area contributed by atoms with Gasteiger partial charge >= 0.3 is 0 Å². The molecule has 0 radical (unpaired) electrons. The van der Waals surface area contributed by atoms with Gasteiger partial charge in [0.2, 0.25) is 0 Å². The minimum atomic E-state index is -0.107. The standard InChI is InChI=1S/C74H57BN4OS/c1-73(2,3)46-27-31-49(32-28-46)78-63-23-16-24-64-72(63)75(61-44-57-54-19-10-13-22-62(54)77(48-17-8-7-9-18-48)65(57)45-67(61)79(64)50-33-29-47(30-34-50)74(4,5)6)60-38-35-53(43-66(60)78)76(51-36-39-69-58(41-51)55-20-11-14-25-68(55)80-69)52-37-40-71-59(42-52)56-21-12-15-26-70(56)81-71/h7-45H,1-6H3. The minimum absolute atomic E-state index is 0.00469. The van der Waals surface area contributed by atoms with Crippen molar-refractivity contribution in [2.75, 3.05) is 14.7 Å². The second kappa shape index (κ2) is 17.6. The van der Waals surface area contributed by atoms with Crippen LogP contribution in [-0.4, -0.2) is 11.3 Å². The van der Waals surface area contributed by atoms with E-state index in [1.165, 1.54) is 86.6 Å². The van der Waals surface area contributed by atoms with E-state index in [1.807, 2.05) is 17.4 Å². The van der Waals surface area contributed by atoms with Crippen LogP contribution in [0.2, 0.25) is 0 Å². The van der Waals surface area contributed by atoms with E-state index >= 15 is 0 Å². The average molecular weight is 1060 g/mol. The number of hydrogen-bond acceptors (Lipinski definition) is 5. The molecule has 0 aliphatic carbocycles. The van der Waals surface area contributed by atoms with Crippen molar-refractivity contribution in [2.24, 2.45) is 0 Å². The van der Waals surface area contributed by atoms with Crippen LogP contribution in [0.4, 0.5) is 51.2 Å². The van der Waals surface area contributed by atoms with Crippen molar-refractivity contribution in [1.82, 2.24) is 4.57 Å². The Balaban J connectivity index is 0.979. The molecule has 5 heterocycles. The van der Waals surface area contributed by atoms with Gasteiger partial charge in [-0.3, -0.25) is 0 Å². The monoisotopic (exact) mass is 1060 g/mol. The number of furan rings is 1. The summed E-state index contributed by atoms with van der Waals surface area (Å²) in [5.74, 6) is 0. The molecule has 11 aromatic carbocycles. The SMILES string of the molecule is CC(C)(C)c1ccc(N2c3cc(N(c4ccc5oc6ccccc6c5c4)c4ccc5sc6ccccc6c5c4)ccc3B3c4cc5c6ccccc6n(-c6ccccc6)c5cc4N(c4ccc(C(C)(C)C)cc4)c4cccc2c43)cc1. The third-order valence-electron chi connectivity index (χ3n) is 17.3. The number of hydrogen-bond donors (Lipinski definition) is 0. The van der Waals surface area contributed by atoms with E-state index in [9.17, 15) is 0 Å². The van der Waals surface area contributed by atoms with Crippen molar-refractivity contribution in [3.05, 3.63) is 248 Å². The lowest BCUT2D eigenvalue weighted by Gasteiger charge is -2.44. The van der Waals surface area contributed by atoms with Crippen LogP contribution in [0.15, 0.2) is 241 Å². The fourth-order valence-electron chi connectivity index (χ4n) is 13.3. The molecule has 81 heavy (non-hydrogen) atoms. The van der Waals surface area contributed by atoms with E-state index in [-0.39, 0.29) is 17.5 Å². The van der Waals surface area contributed by atoms with Crippen LogP contribution in [0.25, 0.3) is 69.6 Å². The fourth-order valence-corrected chi connectivity index (χ4v) is 14.4. The molecule has 2 aliphatic rings. The van der Waals surface area contributed by atoms with E-state index in [2.05, 4.69) is 291 Å². The predicted octanol–water partition coefficient (Wildman–Crippen LogP) is 19.2. The summed E-state index contributed by atoms with van der Waals surface area (Å²) >= 11 is 1.85. The van der Waals surface area contributed by atoms with E-state index in [4.69, 9.17) is 4.42 Å². The molecule has 0 bridgehead atoms. The van der Waals surface area contributed by atoms with Crippen molar-refractivity contribution in [2.45, 2.75) is 52.4 Å². The Morgan fingerprint density at radius 1 is 0.370 bits per heavy atom. The predicted molar refractivity (Wildman–Crippen MR) is 347 cm³/mol. The van der Waals surface area contributed by atoms with Gasteiger partial charge in [-0.25, -0.2) is 0 Å². The third-order valence-corrected chi connectivity index (χ3v) is 18.4. The summed E-state index contributed by atoms with van der Waals surface area (Å²) in [6.45, 7) is 13.7. The topological polar surface area (TPSA) is 27.8 Å². The largest absolute Gasteiger partial charge is 0.456 e. The lowest BCUT2D eigenvalue weighted by molar-refractivity contribution is 0.590. The van der Waals surface area contributed by atoms with E-state index in [0.29, 0.717) is 0 Å². The average Bonchev–Trinajstić information content (AvgIpc) is 4.20. The number of anilines is 9. The number of fused-ring (bicyclic) bond motifs is 13. The van der Waals surface area contributed by atoms with Crippen LogP contribution in [0.5, 0.6) is 0 Å².